The number of nitrogens with one attached hydrogen (secondary N) is 1. The second kappa shape index (κ2) is 6.80. The molecule has 2 aromatic rings. The van der Waals surface area contributed by atoms with Crippen molar-refractivity contribution < 1.29 is 13.2 Å². The van der Waals surface area contributed by atoms with E-state index < -0.39 is 11.9 Å². The molecule has 0 aliphatic rings. The normalized spacial score (nSPS) is 11.4. The first kappa shape index (κ1) is 15.6. The summed E-state index contributed by atoms with van der Waals surface area (Å²) in [6.45, 7) is 2.44. The zero-order chi connectivity index (χ0) is 15.3. The van der Waals surface area contributed by atoms with Crippen molar-refractivity contribution in [3.63, 3.8) is 0 Å². The first-order chi connectivity index (χ1) is 9.99. The lowest BCUT2D eigenvalue weighted by atomic mass is 10.4. The van der Waals surface area contributed by atoms with E-state index in [1.54, 1.807) is 0 Å². The van der Waals surface area contributed by atoms with Crippen LogP contribution in [0.1, 0.15) is 19.0 Å². The number of aromatic nitrogens is 2. The van der Waals surface area contributed by atoms with Crippen molar-refractivity contribution in [3.05, 3.63) is 42.1 Å². The van der Waals surface area contributed by atoms with Crippen LogP contribution in [0.5, 0.6) is 0 Å². The molecule has 2 rings (SSSR count). The Kier molecular flexibility index (Phi) is 5.06. The molecule has 0 saturated carbocycles. The van der Waals surface area contributed by atoms with Gasteiger partial charge in [-0.1, -0.05) is 36.9 Å². The number of hydrogen-bond donors (Lipinski definition) is 1. The van der Waals surface area contributed by atoms with Gasteiger partial charge in [0.25, 0.3) is 0 Å². The highest BCUT2D eigenvalue weighted by molar-refractivity contribution is 7.99. The molecule has 0 radical (unpaired) electrons. The van der Waals surface area contributed by atoms with Crippen LogP contribution in [0.4, 0.5) is 19.1 Å². The molecular formula is C14H14F3N3S. The third kappa shape index (κ3) is 4.63. The van der Waals surface area contributed by atoms with E-state index in [2.05, 4.69) is 15.3 Å². The third-order valence-electron chi connectivity index (χ3n) is 2.49. The zero-order valence-electron chi connectivity index (χ0n) is 11.3. The summed E-state index contributed by atoms with van der Waals surface area (Å²) in [5, 5.41) is 3.06. The molecule has 0 unspecified atom stereocenters. The summed E-state index contributed by atoms with van der Waals surface area (Å²) in [6, 6.07) is 10.1. The minimum Gasteiger partial charge on any atom is -0.354 e. The fraction of sp³-hybridized carbons (Fsp3) is 0.286. The van der Waals surface area contributed by atoms with E-state index in [4.69, 9.17) is 0 Å². The first-order valence-electron chi connectivity index (χ1n) is 6.42. The maximum Gasteiger partial charge on any atom is 0.433 e. The molecule has 1 aromatic heterocycles. The van der Waals surface area contributed by atoms with Crippen LogP contribution in [0.2, 0.25) is 0 Å². The van der Waals surface area contributed by atoms with E-state index in [9.17, 15) is 13.2 Å². The second-order valence-corrected chi connectivity index (χ2v) is 5.35. The Labute approximate surface area is 125 Å². The molecule has 3 nitrogen and oxygen atoms in total. The van der Waals surface area contributed by atoms with Gasteiger partial charge in [0.1, 0.15) is 5.03 Å². The van der Waals surface area contributed by atoms with E-state index in [0.29, 0.717) is 6.54 Å². The summed E-state index contributed by atoms with van der Waals surface area (Å²) >= 11 is 1.17. The standard InChI is InChI=1S/C14H14F3N3S/c1-2-8-18-13-19-11(14(15,16)17)9-12(20-13)21-10-6-4-3-5-7-10/h3-7,9H,2,8H2,1H3,(H,18,19,20). The fourth-order valence-electron chi connectivity index (χ4n) is 1.55. The Morgan fingerprint density at radius 1 is 1.14 bits per heavy atom. The molecule has 1 aromatic carbocycles. The molecule has 0 fully saturated rings. The minimum atomic E-state index is -4.49. The van der Waals surface area contributed by atoms with Crippen LogP contribution in [-0.4, -0.2) is 16.5 Å². The monoisotopic (exact) mass is 313 g/mol. The molecular weight excluding hydrogens is 299 g/mol. The fourth-order valence-corrected chi connectivity index (χ4v) is 2.39. The van der Waals surface area contributed by atoms with Crippen molar-refractivity contribution in [1.29, 1.82) is 0 Å². The molecule has 1 heterocycles. The van der Waals surface area contributed by atoms with E-state index >= 15 is 0 Å². The lowest BCUT2D eigenvalue weighted by molar-refractivity contribution is -0.141. The molecule has 0 atom stereocenters. The van der Waals surface area contributed by atoms with Gasteiger partial charge in [-0.25, -0.2) is 9.97 Å². The van der Waals surface area contributed by atoms with Crippen molar-refractivity contribution >= 4 is 17.7 Å². The van der Waals surface area contributed by atoms with Crippen molar-refractivity contribution in [1.82, 2.24) is 9.97 Å². The Hall–Kier alpha value is -1.76. The van der Waals surface area contributed by atoms with Gasteiger partial charge >= 0.3 is 6.18 Å². The number of nitrogens with zero attached hydrogens (tertiary/aromatic N) is 2. The summed E-state index contributed by atoms with van der Waals surface area (Å²) in [7, 11) is 0. The van der Waals surface area contributed by atoms with Crippen LogP contribution in [0.15, 0.2) is 46.3 Å². The van der Waals surface area contributed by atoms with E-state index in [1.807, 2.05) is 37.3 Å². The van der Waals surface area contributed by atoms with Gasteiger partial charge in [-0.2, -0.15) is 13.2 Å². The maximum absolute atomic E-state index is 12.9. The van der Waals surface area contributed by atoms with Crippen molar-refractivity contribution in [3.8, 4) is 0 Å². The molecule has 0 saturated heterocycles. The summed E-state index contributed by atoms with van der Waals surface area (Å²) in [4.78, 5) is 8.47. The van der Waals surface area contributed by atoms with Crippen LogP contribution in [0.25, 0.3) is 0 Å². The second-order valence-electron chi connectivity index (χ2n) is 4.25. The molecule has 21 heavy (non-hydrogen) atoms. The van der Waals surface area contributed by atoms with Gasteiger partial charge in [-0.3, -0.25) is 0 Å². The van der Waals surface area contributed by atoms with Crippen LogP contribution in [0, 0.1) is 0 Å². The van der Waals surface area contributed by atoms with Crippen LogP contribution in [0.3, 0.4) is 0 Å². The SMILES string of the molecule is CCCNc1nc(Sc2ccccc2)cc(C(F)(F)F)n1. The summed E-state index contributed by atoms with van der Waals surface area (Å²) in [5.74, 6) is 0.00473. The molecule has 0 bridgehead atoms. The average Bonchev–Trinajstić information content (AvgIpc) is 2.45. The zero-order valence-corrected chi connectivity index (χ0v) is 12.1. The highest BCUT2D eigenvalue weighted by Crippen LogP contribution is 2.33. The van der Waals surface area contributed by atoms with E-state index in [0.717, 1.165) is 17.4 Å². The number of rotatable bonds is 5. The third-order valence-corrected chi connectivity index (χ3v) is 3.42. The molecule has 0 amide bonds. The summed E-state index contributed by atoms with van der Waals surface area (Å²) in [5.41, 5.74) is -0.936. The Bertz CT molecular complexity index is 588. The van der Waals surface area contributed by atoms with E-state index in [1.165, 1.54) is 11.8 Å². The number of anilines is 1. The highest BCUT2D eigenvalue weighted by Gasteiger charge is 2.33. The lowest BCUT2D eigenvalue weighted by Gasteiger charge is -2.11. The van der Waals surface area contributed by atoms with Gasteiger partial charge in [0, 0.05) is 17.5 Å². The van der Waals surface area contributed by atoms with E-state index in [-0.39, 0.29) is 11.0 Å². The van der Waals surface area contributed by atoms with Gasteiger partial charge in [-0.05, 0) is 18.6 Å². The van der Waals surface area contributed by atoms with Gasteiger partial charge < -0.3 is 5.32 Å². The highest BCUT2D eigenvalue weighted by atomic mass is 32.2. The van der Waals surface area contributed by atoms with Crippen LogP contribution in [-0.2, 0) is 6.18 Å². The Morgan fingerprint density at radius 2 is 1.86 bits per heavy atom. The topological polar surface area (TPSA) is 37.8 Å². The van der Waals surface area contributed by atoms with Gasteiger partial charge in [0.15, 0.2) is 5.69 Å². The smallest absolute Gasteiger partial charge is 0.354 e. The predicted octanol–water partition coefficient (Wildman–Crippen LogP) is 4.47. The maximum atomic E-state index is 12.9. The minimum absolute atomic E-state index is 0.00473. The average molecular weight is 313 g/mol. The van der Waals surface area contributed by atoms with Crippen LogP contribution >= 0.6 is 11.8 Å². The summed E-state index contributed by atoms with van der Waals surface area (Å²) < 4.78 is 38.6. The number of halogens is 3. The Morgan fingerprint density at radius 3 is 2.48 bits per heavy atom. The van der Waals surface area contributed by atoms with Crippen molar-refractivity contribution in [2.24, 2.45) is 0 Å². The first-order valence-corrected chi connectivity index (χ1v) is 7.23. The number of alkyl halides is 3. The number of benzene rings is 1. The van der Waals surface area contributed by atoms with Crippen molar-refractivity contribution in [2.45, 2.75) is 29.4 Å². The van der Waals surface area contributed by atoms with Crippen molar-refractivity contribution in [2.75, 3.05) is 11.9 Å². The molecule has 0 spiro atoms. The lowest BCUT2D eigenvalue weighted by Crippen LogP contribution is -2.13. The van der Waals surface area contributed by atoms with Gasteiger partial charge in [0.05, 0.1) is 0 Å². The van der Waals surface area contributed by atoms with Gasteiger partial charge in [0.2, 0.25) is 5.95 Å². The molecule has 1 N–H and O–H groups in total. The molecule has 0 aliphatic heterocycles. The molecule has 7 heteroatoms. The molecule has 0 aliphatic carbocycles. The van der Waals surface area contributed by atoms with Crippen LogP contribution < -0.4 is 5.32 Å². The Balaban J connectivity index is 2.30. The number of hydrogen-bond acceptors (Lipinski definition) is 4. The largest absolute Gasteiger partial charge is 0.433 e. The van der Waals surface area contributed by atoms with Gasteiger partial charge in [-0.15, -0.1) is 0 Å². The quantitative estimate of drug-likeness (QED) is 0.827. The summed E-state index contributed by atoms with van der Waals surface area (Å²) in [6.07, 6.45) is -3.71. The predicted molar refractivity (Wildman–Crippen MR) is 76.4 cm³/mol. The molecule has 112 valence electrons.